The summed E-state index contributed by atoms with van der Waals surface area (Å²) >= 11 is 0. The molecule has 0 aliphatic heterocycles. The Labute approximate surface area is 73.4 Å². The van der Waals surface area contributed by atoms with Crippen molar-refractivity contribution in [1.29, 1.82) is 0 Å². The van der Waals surface area contributed by atoms with Gasteiger partial charge in [-0.3, -0.25) is 0 Å². The molecule has 0 heterocycles. The summed E-state index contributed by atoms with van der Waals surface area (Å²) in [6.45, 7) is 3.49. The fourth-order valence-corrected chi connectivity index (χ4v) is 0.555. The summed E-state index contributed by atoms with van der Waals surface area (Å²) in [6, 6.07) is 0. The lowest BCUT2D eigenvalue weighted by molar-refractivity contribution is -0.241. The van der Waals surface area contributed by atoms with E-state index in [-0.39, 0.29) is 12.5 Å². The smallest absolute Gasteiger partial charge is 0.345 e. The zero-order valence-corrected chi connectivity index (χ0v) is 7.26. The van der Waals surface area contributed by atoms with Crippen LogP contribution in [0.15, 0.2) is 0 Å². The van der Waals surface area contributed by atoms with Crippen LogP contribution in [0.2, 0.25) is 0 Å². The molecule has 13 heavy (non-hydrogen) atoms. The van der Waals surface area contributed by atoms with Crippen LogP contribution >= 0.6 is 0 Å². The maximum absolute atomic E-state index is 11.6. The van der Waals surface area contributed by atoms with E-state index in [0.717, 1.165) is 0 Å². The van der Waals surface area contributed by atoms with Crippen LogP contribution < -0.4 is 5.84 Å². The van der Waals surface area contributed by atoms with E-state index in [1.807, 2.05) is 0 Å². The second kappa shape index (κ2) is 4.43. The molecule has 4 nitrogen and oxygen atoms in total. The van der Waals surface area contributed by atoms with Gasteiger partial charge < -0.3 is 4.84 Å². The van der Waals surface area contributed by atoms with Crippen LogP contribution in [0.4, 0.5) is 13.2 Å². The molecular formula is C6H11F3N2O2. The van der Waals surface area contributed by atoms with Crippen LogP contribution in [-0.4, -0.2) is 23.9 Å². The van der Waals surface area contributed by atoms with Crippen molar-refractivity contribution in [1.82, 2.24) is 5.17 Å². The highest BCUT2D eigenvalue weighted by molar-refractivity contribution is 5.75. The number of hydrogen-bond acceptors (Lipinski definition) is 4. The van der Waals surface area contributed by atoms with Gasteiger partial charge >= 0.3 is 12.1 Å². The molecule has 0 bridgehead atoms. The molecule has 78 valence electrons. The summed E-state index contributed by atoms with van der Waals surface area (Å²) in [4.78, 5) is 14.0. The van der Waals surface area contributed by atoms with E-state index in [1.54, 1.807) is 13.8 Å². The standard InChI is InChI=1S/C6H11F3N2O2/c1-4(2)3-11(10)13-5(12)6(7,8)9/h4H,3,10H2,1-2H3. The minimum atomic E-state index is -5.01. The molecule has 0 saturated heterocycles. The molecular weight excluding hydrogens is 189 g/mol. The number of nitrogens with two attached hydrogens (primary N) is 1. The quantitative estimate of drug-likeness (QED) is 0.541. The monoisotopic (exact) mass is 200 g/mol. The summed E-state index contributed by atoms with van der Waals surface area (Å²) < 4.78 is 34.8. The molecule has 0 radical (unpaired) electrons. The normalized spacial score (nSPS) is 12.3. The van der Waals surface area contributed by atoms with Crippen LogP contribution in [0, 0.1) is 5.92 Å². The van der Waals surface area contributed by atoms with Gasteiger partial charge in [0, 0.05) is 0 Å². The molecule has 0 aliphatic rings. The average molecular weight is 200 g/mol. The molecule has 0 amide bonds. The predicted octanol–water partition coefficient (Wildman–Crippen LogP) is 0.839. The fraction of sp³-hybridized carbons (Fsp3) is 0.833. The van der Waals surface area contributed by atoms with Gasteiger partial charge in [-0.1, -0.05) is 19.0 Å². The summed E-state index contributed by atoms with van der Waals surface area (Å²) in [7, 11) is 0. The van der Waals surface area contributed by atoms with Gasteiger partial charge in [0.2, 0.25) is 0 Å². The van der Waals surface area contributed by atoms with Gasteiger partial charge in [0.1, 0.15) is 0 Å². The summed E-state index contributed by atoms with van der Waals surface area (Å²) in [5.41, 5.74) is 0. The zero-order valence-electron chi connectivity index (χ0n) is 7.26. The molecule has 2 N–H and O–H groups in total. The SMILES string of the molecule is CC(C)CN(N)OC(=O)C(F)(F)F. The van der Waals surface area contributed by atoms with Crippen LogP contribution in [0.3, 0.4) is 0 Å². The number of carbonyl (C=O) groups is 1. The molecule has 0 fully saturated rings. The summed E-state index contributed by atoms with van der Waals surface area (Å²) in [5, 5.41) is 0.375. The molecule has 0 saturated carbocycles. The van der Waals surface area contributed by atoms with Gasteiger partial charge in [0.05, 0.1) is 6.54 Å². The molecule has 0 aliphatic carbocycles. The maximum Gasteiger partial charge on any atom is 0.492 e. The first-order chi connectivity index (χ1) is 5.73. The van der Waals surface area contributed by atoms with Crippen LogP contribution in [0.1, 0.15) is 13.8 Å². The second-order valence-corrected chi connectivity index (χ2v) is 2.87. The highest BCUT2D eigenvalue weighted by Crippen LogP contribution is 2.16. The van der Waals surface area contributed by atoms with Crippen LogP contribution in [0.25, 0.3) is 0 Å². The Bertz CT molecular complexity index is 181. The van der Waals surface area contributed by atoms with Crippen molar-refractivity contribution >= 4 is 5.97 Å². The molecule has 7 heteroatoms. The minimum Gasteiger partial charge on any atom is -0.345 e. The van der Waals surface area contributed by atoms with Gasteiger partial charge in [-0.05, 0) is 5.92 Å². The lowest BCUT2D eigenvalue weighted by Gasteiger charge is -2.17. The van der Waals surface area contributed by atoms with Crippen molar-refractivity contribution in [2.24, 2.45) is 11.8 Å². The third-order valence-corrected chi connectivity index (χ3v) is 0.977. The highest BCUT2D eigenvalue weighted by atomic mass is 19.4. The topological polar surface area (TPSA) is 55.6 Å². The number of halogens is 3. The highest BCUT2D eigenvalue weighted by Gasteiger charge is 2.42. The van der Waals surface area contributed by atoms with Crippen molar-refractivity contribution < 1.29 is 22.8 Å². The molecule has 0 rings (SSSR count). The van der Waals surface area contributed by atoms with E-state index < -0.39 is 12.1 Å². The van der Waals surface area contributed by atoms with Gasteiger partial charge in [-0.2, -0.15) is 13.2 Å². The number of carbonyl (C=O) groups excluding carboxylic acids is 1. The van der Waals surface area contributed by atoms with Crippen LogP contribution in [-0.2, 0) is 9.63 Å². The Kier molecular flexibility index (Phi) is 4.15. The second-order valence-electron chi connectivity index (χ2n) is 2.87. The fourth-order valence-electron chi connectivity index (χ4n) is 0.555. The molecule has 0 aromatic carbocycles. The van der Waals surface area contributed by atoms with Crippen molar-refractivity contribution in [3.63, 3.8) is 0 Å². The first kappa shape index (κ1) is 12.2. The zero-order chi connectivity index (χ0) is 10.6. The van der Waals surface area contributed by atoms with E-state index >= 15 is 0 Å². The Morgan fingerprint density at radius 2 is 2.00 bits per heavy atom. The summed E-state index contributed by atoms with van der Waals surface area (Å²) in [6.07, 6.45) is -5.01. The molecule has 0 unspecified atom stereocenters. The Hall–Kier alpha value is -0.820. The van der Waals surface area contributed by atoms with Gasteiger partial charge in [-0.15, -0.1) is 0 Å². The number of hydrogen-bond donors (Lipinski definition) is 1. The number of hydrazine groups is 1. The molecule has 0 atom stereocenters. The van der Waals surface area contributed by atoms with E-state index in [1.165, 1.54) is 0 Å². The Morgan fingerprint density at radius 3 is 2.31 bits per heavy atom. The van der Waals surface area contributed by atoms with Crippen molar-refractivity contribution in [3.8, 4) is 0 Å². The van der Waals surface area contributed by atoms with E-state index in [4.69, 9.17) is 5.84 Å². The van der Waals surface area contributed by atoms with Gasteiger partial charge in [0.25, 0.3) is 0 Å². The van der Waals surface area contributed by atoms with Crippen molar-refractivity contribution in [3.05, 3.63) is 0 Å². The van der Waals surface area contributed by atoms with E-state index in [0.29, 0.717) is 5.17 Å². The molecule has 0 aromatic heterocycles. The third-order valence-electron chi connectivity index (χ3n) is 0.977. The first-order valence-corrected chi connectivity index (χ1v) is 3.55. The van der Waals surface area contributed by atoms with Gasteiger partial charge in [-0.25, -0.2) is 10.6 Å². The lowest BCUT2D eigenvalue weighted by Crippen LogP contribution is -2.40. The number of nitrogens with zero attached hydrogens (tertiary/aromatic N) is 1. The summed E-state index contributed by atoms with van der Waals surface area (Å²) in [5.74, 6) is 2.66. The van der Waals surface area contributed by atoms with Crippen LogP contribution in [0.5, 0.6) is 0 Å². The van der Waals surface area contributed by atoms with Crippen molar-refractivity contribution in [2.45, 2.75) is 20.0 Å². The average Bonchev–Trinajstić information content (AvgIpc) is 1.82. The third kappa shape index (κ3) is 5.42. The van der Waals surface area contributed by atoms with E-state index in [9.17, 15) is 18.0 Å². The number of rotatable bonds is 3. The Balaban J connectivity index is 3.93. The lowest BCUT2D eigenvalue weighted by atomic mass is 10.2. The van der Waals surface area contributed by atoms with Gasteiger partial charge in [0.15, 0.2) is 0 Å². The number of hydroxylamine groups is 1. The van der Waals surface area contributed by atoms with E-state index in [2.05, 4.69) is 4.84 Å². The minimum absolute atomic E-state index is 0.00559. The van der Waals surface area contributed by atoms with Crippen molar-refractivity contribution in [2.75, 3.05) is 6.54 Å². The maximum atomic E-state index is 11.6. The Morgan fingerprint density at radius 1 is 1.54 bits per heavy atom. The number of alkyl halides is 3. The molecule has 0 spiro atoms. The molecule has 0 aromatic rings. The largest absolute Gasteiger partial charge is 0.492 e. The predicted molar refractivity (Wildman–Crippen MR) is 37.9 cm³/mol. The first-order valence-electron chi connectivity index (χ1n) is 3.55.